The summed E-state index contributed by atoms with van der Waals surface area (Å²) in [5.41, 5.74) is 6.02. The number of hydrogen-bond acceptors (Lipinski definition) is 3. The van der Waals surface area contributed by atoms with Crippen molar-refractivity contribution in [3.63, 3.8) is 0 Å². The highest BCUT2D eigenvalue weighted by molar-refractivity contribution is 6.12. The van der Waals surface area contributed by atoms with Crippen LogP contribution >= 0.6 is 0 Å². The highest BCUT2D eigenvalue weighted by atomic mass is 16.1. The molecular weight excluding hydrogens is 298 g/mol. The lowest BCUT2D eigenvalue weighted by molar-refractivity contribution is -0.121. The summed E-state index contributed by atoms with van der Waals surface area (Å²) >= 11 is 0. The van der Waals surface area contributed by atoms with Crippen molar-refractivity contribution in [2.24, 2.45) is 10.9 Å². The monoisotopic (exact) mass is 321 g/mol. The molecule has 0 spiro atoms. The molecule has 0 bridgehead atoms. The molecule has 4 rings (SSSR count). The minimum absolute atomic E-state index is 0.0463. The normalized spacial score (nSPS) is 21.5. The van der Waals surface area contributed by atoms with Gasteiger partial charge in [-0.25, -0.2) is 0 Å². The van der Waals surface area contributed by atoms with Crippen molar-refractivity contribution in [2.45, 2.75) is 25.7 Å². The molecule has 1 atom stereocenters. The third-order valence-corrected chi connectivity index (χ3v) is 5.05. The van der Waals surface area contributed by atoms with E-state index in [-0.39, 0.29) is 5.92 Å². The lowest BCUT2D eigenvalue weighted by Crippen LogP contribution is -2.22. The maximum Gasteiger partial charge on any atom is 0.141 e. The number of carbonyl (C=O) groups is 1. The number of Topliss-reactive ketones (excluding diaryl/α,β-unsaturated/α-hetero) is 1. The Morgan fingerprint density at radius 2 is 2.29 bits per heavy atom. The Morgan fingerprint density at radius 3 is 3.12 bits per heavy atom. The molecule has 0 aromatic carbocycles. The summed E-state index contributed by atoms with van der Waals surface area (Å²) in [4.78, 5) is 19.3. The van der Waals surface area contributed by atoms with Gasteiger partial charge in [0.05, 0.1) is 17.1 Å². The van der Waals surface area contributed by atoms with Crippen LogP contribution in [-0.4, -0.2) is 42.1 Å². The van der Waals surface area contributed by atoms with Gasteiger partial charge in [-0.3, -0.25) is 9.79 Å². The van der Waals surface area contributed by atoms with E-state index in [2.05, 4.69) is 40.0 Å². The first kappa shape index (κ1) is 15.3. The Morgan fingerprint density at radius 1 is 1.42 bits per heavy atom. The molecule has 0 amide bonds. The second-order valence-electron chi connectivity index (χ2n) is 7.04. The van der Waals surface area contributed by atoms with Gasteiger partial charge in [0.2, 0.25) is 0 Å². The Bertz CT molecular complexity index is 805. The highest BCUT2D eigenvalue weighted by Crippen LogP contribution is 2.36. The fourth-order valence-electron chi connectivity index (χ4n) is 3.70. The summed E-state index contributed by atoms with van der Waals surface area (Å²) < 4.78 is 2.25. The van der Waals surface area contributed by atoms with Crippen LogP contribution in [0, 0.1) is 5.92 Å². The molecule has 0 N–H and O–H groups in total. The molecule has 24 heavy (non-hydrogen) atoms. The second kappa shape index (κ2) is 6.02. The summed E-state index contributed by atoms with van der Waals surface area (Å²) in [5, 5.41) is 0. The van der Waals surface area contributed by atoms with Gasteiger partial charge in [0.1, 0.15) is 5.78 Å². The Labute approximate surface area is 142 Å². The number of aryl methyl sites for hydroxylation is 1. The van der Waals surface area contributed by atoms with Gasteiger partial charge in [-0.1, -0.05) is 12.2 Å². The largest absolute Gasteiger partial charge is 0.314 e. The molecule has 0 radical (unpaired) electrons. The smallest absolute Gasteiger partial charge is 0.141 e. The van der Waals surface area contributed by atoms with Crippen LogP contribution in [0.2, 0.25) is 0 Å². The highest BCUT2D eigenvalue weighted by Gasteiger charge is 2.27. The quantitative estimate of drug-likeness (QED) is 0.854. The summed E-state index contributed by atoms with van der Waals surface area (Å²) in [6, 6.07) is 2.22. The first-order valence-electron chi connectivity index (χ1n) is 8.67. The lowest BCUT2D eigenvalue weighted by Gasteiger charge is -2.21. The van der Waals surface area contributed by atoms with E-state index in [0.717, 1.165) is 30.8 Å². The Hall–Kier alpha value is -2.20. The van der Waals surface area contributed by atoms with Crippen molar-refractivity contribution in [3.8, 4) is 0 Å². The van der Waals surface area contributed by atoms with Crippen LogP contribution in [0.4, 0.5) is 0 Å². The predicted octanol–water partition coefficient (Wildman–Crippen LogP) is 3.17. The average Bonchev–Trinajstić information content (AvgIpc) is 2.94. The van der Waals surface area contributed by atoms with Crippen LogP contribution < -0.4 is 0 Å². The number of rotatable bonds is 4. The third-order valence-electron chi connectivity index (χ3n) is 5.05. The van der Waals surface area contributed by atoms with Crippen molar-refractivity contribution in [1.29, 1.82) is 0 Å². The molecule has 2 aliphatic carbocycles. The standard InChI is InChI=1S/C20H23N3O/c1-22(2)10-9-19(24)15-6-7-18-17(12-15)21-13-16-5-3-4-14-8-11-23(18)20(14)16/h5-8,11,13,15H,3-4,9-10,12H2,1-2H3. The van der Waals surface area contributed by atoms with E-state index in [9.17, 15) is 4.79 Å². The van der Waals surface area contributed by atoms with E-state index >= 15 is 0 Å². The van der Waals surface area contributed by atoms with Crippen LogP contribution in [0.25, 0.3) is 11.3 Å². The summed E-state index contributed by atoms with van der Waals surface area (Å²) in [5.74, 6) is 0.259. The zero-order chi connectivity index (χ0) is 16.7. The minimum Gasteiger partial charge on any atom is -0.314 e. The van der Waals surface area contributed by atoms with Gasteiger partial charge in [0.15, 0.2) is 0 Å². The van der Waals surface area contributed by atoms with Crippen LogP contribution in [0.3, 0.4) is 0 Å². The summed E-state index contributed by atoms with van der Waals surface area (Å²) in [7, 11) is 4.00. The number of carbonyl (C=O) groups excluding carboxylic acids is 1. The maximum absolute atomic E-state index is 12.5. The van der Waals surface area contributed by atoms with Gasteiger partial charge in [-0.05, 0) is 44.6 Å². The number of fused-ring (bicyclic) bond motifs is 1. The van der Waals surface area contributed by atoms with Crippen LogP contribution in [0.1, 0.15) is 30.5 Å². The van der Waals surface area contributed by atoms with Crippen molar-refractivity contribution < 1.29 is 4.79 Å². The van der Waals surface area contributed by atoms with Gasteiger partial charge in [0, 0.05) is 43.3 Å². The molecule has 4 heteroatoms. The van der Waals surface area contributed by atoms with Crippen molar-refractivity contribution in [1.82, 2.24) is 9.47 Å². The molecule has 0 saturated carbocycles. The van der Waals surface area contributed by atoms with E-state index in [1.165, 1.54) is 16.8 Å². The van der Waals surface area contributed by atoms with Gasteiger partial charge in [-0.15, -0.1) is 0 Å². The summed E-state index contributed by atoms with van der Waals surface area (Å²) in [6.07, 6.45) is 14.0. The van der Waals surface area contributed by atoms with Gasteiger partial charge in [0.25, 0.3) is 0 Å². The van der Waals surface area contributed by atoms with E-state index in [4.69, 9.17) is 4.99 Å². The van der Waals surface area contributed by atoms with Crippen LogP contribution in [0.5, 0.6) is 0 Å². The molecule has 1 aromatic rings. The maximum atomic E-state index is 12.5. The molecule has 1 aliphatic heterocycles. The fraction of sp³-hybridized carbons (Fsp3) is 0.400. The predicted molar refractivity (Wildman–Crippen MR) is 97.9 cm³/mol. The fourth-order valence-corrected chi connectivity index (χ4v) is 3.70. The third kappa shape index (κ3) is 2.61. The molecule has 1 unspecified atom stereocenters. The van der Waals surface area contributed by atoms with E-state index in [1.54, 1.807) is 0 Å². The molecule has 3 aliphatic rings. The molecule has 0 saturated heterocycles. The number of aromatic nitrogens is 1. The molecular formula is C20H23N3O. The van der Waals surface area contributed by atoms with Crippen LogP contribution in [-0.2, 0) is 11.2 Å². The average molecular weight is 321 g/mol. The first-order chi connectivity index (χ1) is 11.6. The van der Waals surface area contributed by atoms with Gasteiger partial charge in [-0.2, -0.15) is 0 Å². The number of hydrogen-bond donors (Lipinski definition) is 0. The van der Waals surface area contributed by atoms with Crippen molar-refractivity contribution in [2.75, 3.05) is 20.6 Å². The minimum atomic E-state index is -0.0463. The molecule has 4 nitrogen and oxygen atoms in total. The molecule has 0 fully saturated rings. The Balaban J connectivity index is 1.63. The number of allylic oxidation sites excluding steroid dienone is 6. The second-order valence-corrected chi connectivity index (χ2v) is 7.04. The van der Waals surface area contributed by atoms with Crippen molar-refractivity contribution in [3.05, 3.63) is 47.4 Å². The zero-order valence-corrected chi connectivity index (χ0v) is 14.3. The number of nitrogens with zero attached hydrogens (tertiary/aromatic N) is 3. The zero-order valence-electron chi connectivity index (χ0n) is 14.3. The van der Waals surface area contributed by atoms with E-state index in [1.807, 2.05) is 20.3 Å². The van der Waals surface area contributed by atoms with Crippen LogP contribution in [0.15, 0.2) is 41.2 Å². The lowest BCUT2D eigenvalue weighted by atomic mass is 9.91. The molecule has 2 heterocycles. The van der Waals surface area contributed by atoms with E-state index in [0.29, 0.717) is 18.6 Å². The Kier molecular flexibility index (Phi) is 3.85. The number of ketones is 1. The van der Waals surface area contributed by atoms with Gasteiger partial charge < -0.3 is 9.47 Å². The summed E-state index contributed by atoms with van der Waals surface area (Å²) in [6.45, 7) is 0.802. The SMILES string of the molecule is CN(C)CCC(=O)C1C=CC2=C(C1)N=CC1=CCCc3ccn2c31. The number of aliphatic imine (C=N–C) groups is 1. The van der Waals surface area contributed by atoms with Gasteiger partial charge >= 0.3 is 0 Å². The molecule has 1 aromatic heterocycles. The first-order valence-corrected chi connectivity index (χ1v) is 8.67. The molecule has 124 valence electrons. The topological polar surface area (TPSA) is 37.6 Å². The van der Waals surface area contributed by atoms with Crippen molar-refractivity contribution >= 4 is 23.3 Å². The van der Waals surface area contributed by atoms with E-state index < -0.39 is 0 Å².